The average Bonchev–Trinajstić information content (AvgIpc) is 3.70. The van der Waals surface area contributed by atoms with Crippen molar-refractivity contribution in [2.24, 2.45) is 0 Å². The van der Waals surface area contributed by atoms with E-state index in [0.29, 0.717) is 37.3 Å². The van der Waals surface area contributed by atoms with Crippen LogP contribution in [0.1, 0.15) is 39.5 Å². The van der Waals surface area contributed by atoms with Gasteiger partial charge in [0.1, 0.15) is 12.1 Å². The summed E-state index contributed by atoms with van der Waals surface area (Å²) >= 11 is 1.66. The fourth-order valence-electron chi connectivity index (χ4n) is 5.37. The zero-order chi connectivity index (χ0) is 27.5. The maximum absolute atomic E-state index is 12.7. The van der Waals surface area contributed by atoms with E-state index in [-0.39, 0.29) is 23.6 Å². The summed E-state index contributed by atoms with van der Waals surface area (Å²) in [5.41, 5.74) is 3.51. The second kappa shape index (κ2) is 11.4. The molecular formula is C30H32N4O4S. The fourth-order valence-corrected chi connectivity index (χ4v) is 6.38. The van der Waals surface area contributed by atoms with Gasteiger partial charge < -0.3 is 20.4 Å². The molecule has 2 fully saturated rings. The predicted molar refractivity (Wildman–Crippen MR) is 153 cm³/mol. The standard InChI is InChI=1S/C30H32N4O4S/c1-19(35)33-17-3-5-25(33)29(37)31-23-11-7-21(8-12-23)27-15-16-28(39-27)22-9-13-24(14-10-22)32-30(38)26-6-4-18-34(26)20(2)36/h7-16,25-26H,3-6,17-18H2,1-2H3,(H,31,37)(H,32,38)/t25-,26-/m0/s1. The Kier molecular flexibility index (Phi) is 7.79. The van der Waals surface area contributed by atoms with Crippen molar-refractivity contribution >= 4 is 46.3 Å². The first-order chi connectivity index (χ1) is 18.8. The van der Waals surface area contributed by atoms with E-state index in [4.69, 9.17) is 0 Å². The van der Waals surface area contributed by atoms with E-state index in [1.165, 1.54) is 13.8 Å². The van der Waals surface area contributed by atoms with Crippen molar-refractivity contribution in [1.82, 2.24) is 9.80 Å². The molecule has 2 aliphatic rings. The van der Waals surface area contributed by atoms with Gasteiger partial charge in [-0.2, -0.15) is 0 Å². The molecule has 3 aromatic rings. The van der Waals surface area contributed by atoms with Gasteiger partial charge in [-0.05, 0) is 73.2 Å². The van der Waals surface area contributed by atoms with Crippen LogP contribution in [0.4, 0.5) is 11.4 Å². The Morgan fingerprint density at radius 3 is 1.38 bits per heavy atom. The first-order valence-electron chi connectivity index (χ1n) is 13.3. The van der Waals surface area contributed by atoms with Crippen LogP contribution in [-0.2, 0) is 19.2 Å². The van der Waals surface area contributed by atoms with E-state index < -0.39 is 12.1 Å². The summed E-state index contributed by atoms with van der Waals surface area (Å²) in [6.45, 7) is 4.27. The Bertz CT molecular complexity index is 1280. The van der Waals surface area contributed by atoms with Gasteiger partial charge in [-0.25, -0.2) is 0 Å². The van der Waals surface area contributed by atoms with Gasteiger partial charge in [-0.15, -0.1) is 11.3 Å². The quantitative estimate of drug-likeness (QED) is 0.457. The van der Waals surface area contributed by atoms with E-state index in [0.717, 1.165) is 33.7 Å². The number of likely N-dealkylation sites (tertiary alicyclic amines) is 2. The molecule has 1 aromatic heterocycles. The molecule has 9 heteroatoms. The first-order valence-corrected chi connectivity index (χ1v) is 14.1. The van der Waals surface area contributed by atoms with Crippen molar-refractivity contribution in [2.75, 3.05) is 23.7 Å². The molecule has 2 N–H and O–H groups in total. The minimum absolute atomic E-state index is 0.0685. The Morgan fingerprint density at radius 2 is 1.03 bits per heavy atom. The van der Waals surface area contributed by atoms with Crippen LogP contribution in [0.2, 0.25) is 0 Å². The molecule has 2 aliphatic heterocycles. The van der Waals surface area contributed by atoms with Crippen molar-refractivity contribution in [3.63, 3.8) is 0 Å². The third kappa shape index (κ3) is 5.88. The number of amides is 4. The zero-order valence-corrected chi connectivity index (χ0v) is 22.9. The highest BCUT2D eigenvalue weighted by Gasteiger charge is 2.33. The van der Waals surface area contributed by atoms with Gasteiger partial charge in [-0.1, -0.05) is 24.3 Å². The van der Waals surface area contributed by atoms with Gasteiger partial charge in [0.25, 0.3) is 0 Å². The summed E-state index contributed by atoms with van der Waals surface area (Å²) in [5, 5.41) is 5.89. The highest BCUT2D eigenvalue weighted by molar-refractivity contribution is 7.18. The summed E-state index contributed by atoms with van der Waals surface area (Å²) in [6.07, 6.45) is 3.06. The molecule has 5 rings (SSSR count). The molecule has 39 heavy (non-hydrogen) atoms. The smallest absolute Gasteiger partial charge is 0.247 e. The van der Waals surface area contributed by atoms with Gasteiger partial charge in [0, 0.05) is 48.1 Å². The van der Waals surface area contributed by atoms with Gasteiger partial charge in [0.15, 0.2) is 0 Å². The molecule has 202 valence electrons. The van der Waals surface area contributed by atoms with Crippen molar-refractivity contribution in [2.45, 2.75) is 51.6 Å². The minimum atomic E-state index is -0.403. The number of nitrogens with zero attached hydrogens (tertiary/aromatic N) is 2. The molecule has 2 aromatic carbocycles. The summed E-state index contributed by atoms with van der Waals surface area (Å²) in [5.74, 6) is -0.428. The molecule has 0 bridgehead atoms. The van der Waals surface area contributed by atoms with Crippen LogP contribution in [-0.4, -0.2) is 58.6 Å². The largest absolute Gasteiger partial charge is 0.331 e. The topological polar surface area (TPSA) is 98.8 Å². The molecule has 0 radical (unpaired) electrons. The van der Waals surface area contributed by atoms with E-state index >= 15 is 0 Å². The Balaban J connectivity index is 1.20. The Morgan fingerprint density at radius 1 is 0.641 bits per heavy atom. The van der Waals surface area contributed by atoms with Crippen LogP contribution in [0.25, 0.3) is 20.9 Å². The maximum Gasteiger partial charge on any atom is 0.247 e. The lowest BCUT2D eigenvalue weighted by molar-refractivity contribution is -0.134. The number of carbonyl (C=O) groups excluding carboxylic acids is 4. The first kappa shape index (κ1) is 26.6. The fraction of sp³-hybridized carbons (Fsp3) is 0.333. The number of nitrogens with one attached hydrogen (secondary N) is 2. The minimum Gasteiger partial charge on any atom is -0.331 e. The molecule has 0 aliphatic carbocycles. The highest BCUT2D eigenvalue weighted by atomic mass is 32.1. The molecule has 0 spiro atoms. The SMILES string of the molecule is CC(=O)N1CCC[C@H]1C(=O)Nc1ccc(-c2ccc(-c3ccc(NC(=O)[C@@H]4CCCN4C(C)=O)cc3)s2)cc1. The third-order valence-electron chi connectivity index (χ3n) is 7.40. The molecule has 3 heterocycles. The lowest BCUT2D eigenvalue weighted by Crippen LogP contribution is -2.42. The second-order valence-corrected chi connectivity index (χ2v) is 11.1. The van der Waals surface area contributed by atoms with Crippen molar-refractivity contribution in [3.8, 4) is 20.9 Å². The molecule has 8 nitrogen and oxygen atoms in total. The molecule has 2 atom stereocenters. The molecule has 0 saturated carbocycles. The highest BCUT2D eigenvalue weighted by Crippen LogP contribution is 2.35. The average molecular weight is 545 g/mol. The van der Waals surface area contributed by atoms with Crippen molar-refractivity contribution in [3.05, 3.63) is 60.7 Å². The molecule has 0 unspecified atom stereocenters. The monoisotopic (exact) mass is 544 g/mol. The normalized spacial score (nSPS) is 18.7. The van der Waals surface area contributed by atoms with Crippen LogP contribution >= 0.6 is 11.3 Å². The van der Waals surface area contributed by atoms with E-state index in [1.54, 1.807) is 21.1 Å². The third-order valence-corrected chi connectivity index (χ3v) is 8.58. The van der Waals surface area contributed by atoms with Crippen LogP contribution in [0.15, 0.2) is 60.7 Å². The van der Waals surface area contributed by atoms with Crippen LogP contribution in [0.3, 0.4) is 0 Å². The summed E-state index contributed by atoms with van der Waals surface area (Å²) in [4.78, 5) is 54.4. The molecule has 2 saturated heterocycles. The van der Waals surface area contributed by atoms with Gasteiger partial charge in [0.2, 0.25) is 23.6 Å². The molecular weight excluding hydrogens is 512 g/mol. The summed E-state index contributed by atoms with van der Waals surface area (Å²) in [6, 6.07) is 18.8. The summed E-state index contributed by atoms with van der Waals surface area (Å²) in [7, 11) is 0. The van der Waals surface area contributed by atoms with Crippen molar-refractivity contribution < 1.29 is 19.2 Å². The predicted octanol–water partition coefficient (Wildman–Crippen LogP) is 4.98. The van der Waals surface area contributed by atoms with Gasteiger partial charge >= 0.3 is 0 Å². The van der Waals surface area contributed by atoms with Gasteiger partial charge in [-0.3, -0.25) is 19.2 Å². The lowest BCUT2D eigenvalue weighted by Gasteiger charge is -2.22. The number of hydrogen-bond acceptors (Lipinski definition) is 5. The Hall–Kier alpha value is -3.98. The molecule has 4 amide bonds. The van der Waals surface area contributed by atoms with Gasteiger partial charge in [0.05, 0.1) is 0 Å². The number of benzene rings is 2. The second-order valence-electron chi connectivity index (χ2n) is 10.0. The van der Waals surface area contributed by atoms with E-state index in [9.17, 15) is 19.2 Å². The van der Waals surface area contributed by atoms with Crippen LogP contribution < -0.4 is 10.6 Å². The van der Waals surface area contributed by atoms with Crippen molar-refractivity contribution in [1.29, 1.82) is 0 Å². The number of anilines is 2. The summed E-state index contributed by atoms with van der Waals surface area (Å²) < 4.78 is 0. The number of hydrogen-bond donors (Lipinski definition) is 2. The van der Waals surface area contributed by atoms with E-state index in [1.807, 2.05) is 48.5 Å². The lowest BCUT2D eigenvalue weighted by atomic mass is 10.1. The zero-order valence-electron chi connectivity index (χ0n) is 22.1. The Labute approximate surface area is 232 Å². The van der Waals surface area contributed by atoms with Crippen LogP contribution in [0, 0.1) is 0 Å². The number of thiophene rings is 1. The maximum atomic E-state index is 12.7. The number of carbonyl (C=O) groups is 4. The number of rotatable bonds is 6. The van der Waals surface area contributed by atoms with Crippen LogP contribution in [0.5, 0.6) is 0 Å². The van der Waals surface area contributed by atoms with E-state index in [2.05, 4.69) is 22.8 Å².